The zero-order valence-corrected chi connectivity index (χ0v) is 17.9. The van der Waals surface area contributed by atoms with Crippen LogP contribution >= 0.6 is 0 Å². The van der Waals surface area contributed by atoms with Crippen molar-refractivity contribution in [2.75, 3.05) is 0 Å². The number of aliphatic hydroxyl groups excluding tert-OH is 1. The molecule has 0 aliphatic heterocycles. The fraction of sp³-hybridized carbons (Fsp3) is 0.833. The number of ketones is 1. The third-order valence-electron chi connectivity index (χ3n) is 5.99. The summed E-state index contributed by atoms with van der Waals surface area (Å²) in [6.45, 7) is 2.17. The van der Waals surface area contributed by atoms with E-state index in [4.69, 9.17) is 5.11 Å². The highest BCUT2D eigenvalue weighted by Gasteiger charge is 2.32. The second-order valence-corrected chi connectivity index (χ2v) is 8.48. The van der Waals surface area contributed by atoms with Gasteiger partial charge < -0.3 is 10.2 Å². The molecule has 0 heterocycles. The molecule has 0 spiro atoms. The molecule has 0 amide bonds. The van der Waals surface area contributed by atoms with Crippen LogP contribution in [0.1, 0.15) is 110 Å². The molecule has 162 valence electrons. The Balaban J connectivity index is 2.12. The summed E-state index contributed by atoms with van der Waals surface area (Å²) < 4.78 is 0. The van der Waals surface area contributed by atoms with Crippen LogP contribution in [0.4, 0.5) is 0 Å². The summed E-state index contributed by atoms with van der Waals surface area (Å²) in [6, 6.07) is 0. The highest BCUT2D eigenvalue weighted by Crippen LogP contribution is 2.34. The summed E-state index contributed by atoms with van der Waals surface area (Å²) in [4.78, 5) is 22.7. The average Bonchev–Trinajstić information content (AvgIpc) is 3.01. The van der Waals surface area contributed by atoms with Gasteiger partial charge in [0, 0.05) is 18.8 Å². The molecule has 4 nitrogen and oxygen atoms in total. The van der Waals surface area contributed by atoms with Crippen LogP contribution in [0.5, 0.6) is 0 Å². The van der Waals surface area contributed by atoms with Crippen LogP contribution in [0.2, 0.25) is 0 Å². The van der Waals surface area contributed by atoms with Crippen molar-refractivity contribution >= 4 is 11.8 Å². The normalized spacial score (nSPS) is 20.9. The van der Waals surface area contributed by atoms with Crippen molar-refractivity contribution < 1.29 is 19.8 Å². The van der Waals surface area contributed by atoms with E-state index in [1.165, 1.54) is 32.1 Å². The first-order valence-corrected chi connectivity index (χ1v) is 11.7. The van der Waals surface area contributed by atoms with E-state index in [0.29, 0.717) is 24.5 Å². The second-order valence-electron chi connectivity index (χ2n) is 8.48. The Morgan fingerprint density at radius 3 is 2.32 bits per heavy atom. The minimum atomic E-state index is -0.694. The van der Waals surface area contributed by atoms with Crippen LogP contribution in [-0.2, 0) is 9.59 Å². The molecule has 1 aliphatic rings. The smallest absolute Gasteiger partial charge is 0.303 e. The lowest BCUT2D eigenvalue weighted by Gasteiger charge is -2.15. The van der Waals surface area contributed by atoms with E-state index in [9.17, 15) is 14.7 Å². The maximum atomic E-state index is 12.2. The third-order valence-corrected chi connectivity index (χ3v) is 5.99. The van der Waals surface area contributed by atoms with Crippen LogP contribution in [0, 0.1) is 11.8 Å². The lowest BCUT2D eigenvalue weighted by atomic mass is 9.89. The summed E-state index contributed by atoms with van der Waals surface area (Å²) in [5.41, 5.74) is 0. The van der Waals surface area contributed by atoms with E-state index < -0.39 is 5.97 Å². The maximum Gasteiger partial charge on any atom is 0.303 e. The molecule has 2 N–H and O–H groups in total. The SMILES string of the molecule is CCCCC[C@H](O)/C=C/[C@H]1CCC(=O)[C@H]1CCCCCCCCCCC(=O)O. The average molecular weight is 395 g/mol. The van der Waals surface area contributed by atoms with Crippen molar-refractivity contribution in [2.45, 2.75) is 116 Å². The number of hydrogen-bond acceptors (Lipinski definition) is 3. The molecule has 0 aromatic heterocycles. The van der Waals surface area contributed by atoms with Crippen molar-refractivity contribution in [1.29, 1.82) is 0 Å². The van der Waals surface area contributed by atoms with E-state index >= 15 is 0 Å². The Bertz CT molecular complexity index is 458. The first-order chi connectivity index (χ1) is 13.5. The molecule has 3 atom stereocenters. The van der Waals surface area contributed by atoms with Crippen LogP contribution in [-0.4, -0.2) is 28.1 Å². The zero-order valence-electron chi connectivity index (χ0n) is 17.9. The number of unbranched alkanes of at least 4 members (excludes halogenated alkanes) is 9. The third kappa shape index (κ3) is 11.6. The quantitative estimate of drug-likeness (QED) is 0.232. The van der Waals surface area contributed by atoms with Crippen LogP contribution in [0.3, 0.4) is 0 Å². The molecular weight excluding hydrogens is 352 g/mol. The van der Waals surface area contributed by atoms with Crippen LogP contribution in [0.25, 0.3) is 0 Å². The molecule has 0 radical (unpaired) electrons. The van der Waals surface area contributed by atoms with Crippen LogP contribution in [0.15, 0.2) is 12.2 Å². The fourth-order valence-electron chi connectivity index (χ4n) is 4.21. The Kier molecular flexibility index (Phi) is 14.0. The molecule has 1 saturated carbocycles. The molecule has 0 saturated heterocycles. The number of hydrogen-bond donors (Lipinski definition) is 2. The first kappa shape index (κ1) is 24.9. The minimum absolute atomic E-state index is 0.162. The molecular formula is C24H42O4. The van der Waals surface area contributed by atoms with Crippen molar-refractivity contribution in [1.82, 2.24) is 0 Å². The topological polar surface area (TPSA) is 74.6 Å². The Morgan fingerprint density at radius 1 is 1.04 bits per heavy atom. The highest BCUT2D eigenvalue weighted by molar-refractivity contribution is 5.83. The van der Waals surface area contributed by atoms with Gasteiger partial charge in [0.2, 0.25) is 0 Å². The van der Waals surface area contributed by atoms with Gasteiger partial charge >= 0.3 is 5.97 Å². The first-order valence-electron chi connectivity index (χ1n) is 11.7. The predicted molar refractivity (Wildman–Crippen MR) is 114 cm³/mol. The van der Waals surface area contributed by atoms with Gasteiger partial charge in [0.25, 0.3) is 0 Å². The van der Waals surface area contributed by atoms with Gasteiger partial charge in [0.15, 0.2) is 0 Å². The number of carboxylic acids is 1. The lowest BCUT2D eigenvalue weighted by Crippen LogP contribution is -2.14. The Hall–Kier alpha value is -1.16. The molecule has 0 aromatic carbocycles. The molecule has 1 rings (SSSR count). The summed E-state index contributed by atoms with van der Waals surface area (Å²) >= 11 is 0. The van der Waals surface area contributed by atoms with E-state index in [-0.39, 0.29) is 12.0 Å². The minimum Gasteiger partial charge on any atom is -0.481 e. The fourth-order valence-corrected chi connectivity index (χ4v) is 4.21. The number of carboxylic acid groups (broad SMARTS) is 1. The summed E-state index contributed by atoms with van der Waals surface area (Å²) in [5.74, 6) is 0.201. The Morgan fingerprint density at radius 2 is 1.68 bits per heavy atom. The van der Waals surface area contributed by atoms with Crippen molar-refractivity contribution in [3.8, 4) is 0 Å². The van der Waals surface area contributed by atoms with Gasteiger partial charge in [-0.25, -0.2) is 0 Å². The van der Waals surface area contributed by atoms with Crippen LogP contribution < -0.4 is 0 Å². The van der Waals surface area contributed by atoms with Gasteiger partial charge in [-0.15, -0.1) is 0 Å². The number of carbonyl (C=O) groups is 2. The molecule has 0 bridgehead atoms. The standard InChI is InChI=1S/C24H42O4/c1-2-3-10-13-21(25)18-16-20-17-19-23(26)22(20)14-11-8-6-4-5-7-9-12-15-24(27)28/h16,18,20-22,25H,2-15,17,19H2,1H3,(H,27,28)/b18-16+/t20-,21-,22-/m0/s1. The van der Waals surface area contributed by atoms with Gasteiger partial charge in [-0.3, -0.25) is 9.59 Å². The van der Waals surface area contributed by atoms with Crippen molar-refractivity contribution in [3.05, 3.63) is 12.2 Å². The van der Waals surface area contributed by atoms with E-state index in [2.05, 4.69) is 13.0 Å². The molecule has 0 aromatic rings. The maximum absolute atomic E-state index is 12.2. The monoisotopic (exact) mass is 394 g/mol. The van der Waals surface area contributed by atoms with Gasteiger partial charge in [0.1, 0.15) is 5.78 Å². The molecule has 4 heteroatoms. The van der Waals surface area contributed by atoms with Gasteiger partial charge in [-0.05, 0) is 31.6 Å². The van der Waals surface area contributed by atoms with Gasteiger partial charge in [0.05, 0.1) is 6.10 Å². The van der Waals surface area contributed by atoms with Gasteiger partial charge in [-0.2, -0.15) is 0 Å². The van der Waals surface area contributed by atoms with Crippen molar-refractivity contribution in [3.63, 3.8) is 0 Å². The lowest BCUT2D eigenvalue weighted by molar-refractivity contribution is -0.137. The zero-order chi connectivity index (χ0) is 20.6. The molecule has 0 unspecified atom stereocenters. The second kappa shape index (κ2) is 15.7. The highest BCUT2D eigenvalue weighted by atomic mass is 16.4. The number of rotatable bonds is 17. The summed E-state index contributed by atoms with van der Waals surface area (Å²) in [5, 5.41) is 18.7. The largest absolute Gasteiger partial charge is 0.481 e. The van der Waals surface area contributed by atoms with E-state index in [1.807, 2.05) is 6.08 Å². The molecule has 1 aliphatic carbocycles. The molecule has 28 heavy (non-hydrogen) atoms. The van der Waals surface area contributed by atoms with Crippen molar-refractivity contribution in [2.24, 2.45) is 11.8 Å². The van der Waals surface area contributed by atoms with E-state index in [0.717, 1.165) is 57.8 Å². The number of aliphatic carboxylic acids is 1. The molecule has 1 fully saturated rings. The van der Waals surface area contributed by atoms with Gasteiger partial charge in [-0.1, -0.05) is 83.3 Å². The number of Topliss-reactive ketones (excluding diaryl/α,β-unsaturated/α-hetero) is 1. The summed E-state index contributed by atoms with van der Waals surface area (Å²) in [6.07, 6.45) is 19.6. The number of allylic oxidation sites excluding steroid dienone is 1. The predicted octanol–water partition coefficient (Wildman–Crippen LogP) is 6.06. The summed E-state index contributed by atoms with van der Waals surface area (Å²) in [7, 11) is 0. The van der Waals surface area contributed by atoms with E-state index in [1.54, 1.807) is 0 Å². The number of aliphatic hydroxyl groups is 1. The Labute approximate surface area is 171 Å². The number of carbonyl (C=O) groups excluding carboxylic acids is 1.